The number of carbonyl (C=O) groups is 1. The number of pyridine rings is 1. The third-order valence-electron chi connectivity index (χ3n) is 7.90. The summed E-state index contributed by atoms with van der Waals surface area (Å²) in [6.45, 7) is -0.824. The first kappa shape index (κ1) is 31.2. The molecule has 0 atom stereocenters. The van der Waals surface area contributed by atoms with Crippen LogP contribution in [-0.2, 0) is 22.9 Å². The lowest BCUT2D eigenvalue weighted by Gasteiger charge is -2.37. The Morgan fingerprint density at radius 1 is 1.13 bits per heavy atom. The highest BCUT2D eigenvalue weighted by Gasteiger charge is 2.34. The fourth-order valence-electron chi connectivity index (χ4n) is 5.55. The molecule has 0 saturated carbocycles. The number of nitrogens with zero attached hydrogens (tertiary/aromatic N) is 4. The number of carbonyl (C=O) groups excluding carboxylic acids is 1. The maximum atomic E-state index is 14.0. The van der Waals surface area contributed by atoms with Crippen molar-refractivity contribution in [3.63, 3.8) is 0 Å². The molecule has 2 aromatic heterocycles. The molecule has 46 heavy (non-hydrogen) atoms. The lowest BCUT2D eigenvalue weighted by atomic mass is 9.91. The van der Waals surface area contributed by atoms with Gasteiger partial charge in [0.05, 0.1) is 29.9 Å². The van der Waals surface area contributed by atoms with E-state index >= 15 is 0 Å². The van der Waals surface area contributed by atoms with E-state index in [2.05, 4.69) is 10.1 Å². The van der Waals surface area contributed by atoms with Crippen molar-refractivity contribution < 1.29 is 40.2 Å². The molecule has 10 nitrogen and oxygen atoms in total. The number of sulfonamides is 1. The molecule has 2 aromatic carbocycles. The van der Waals surface area contributed by atoms with E-state index in [1.807, 2.05) is 0 Å². The van der Waals surface area contributed by atoms with E-state index in [1.54, 1.807) is 19.1 Å². The van der Waals surface area contributed by atoms with Crippen LogP contribution in [0.2, 0.25) is 0 Å². The first-order valence-corrected chi connectivity index (χ1v) is 15.9. The second kappa shape index (κ2) is 11.9. The molecule has 2 N–H and O–H groups in total. The van der Waals surface area contributed by atoms with E-state index in [0.29, 0.717) is 34.4 Å². The summed E-state index contributed by atoms with van der Waals surface area (Å²) in [6, 6.07) is 7.94. The molecular formula is C31H27F4N5O5S. The fourth-order valence-corrected chi connectivity index (χ4v) is 6.51. The topological polar surface area (TPSA) is 130 Å². The second-order valence-electron chi connectivity index (χ2n) is 11.2. The molecule has 2 aliphatic rings. The zero-order valence-electron chi connectivity index (χ0n) is 24.5. The zero-order chi connectivity index (χ0) is 32.9. The van der Waals surface area contributed by atoms with Gasteiger partial charge in [0, 0.05) is 31.1 Å². The highest BCUT2D eigenvalue weighted by atomic mass is 32.2. The van der Waals surface area contributed by atoms with Gasteiger partial charge in [-0.3, -0.25) is 4.79 Å². The van der Waals surface area contributed by atoms with Crippen LogP contribution in [-0.4, -0.2) is 59.2 Å². The van der Waals surface area contributed by atoms with Crippen molar-refractivity contribution in [3.05, 3.63) is 93.8 Å². The monoisotopic (exact) mass is 657 g/mol. The molecular weight excluding hydrogens is 630 g/mol. The van der Waals surface area contributed by atoms with Crippen LogP contribution < -0.4 is 15.2 Å². The van der Waals surface area contributed by atoms with Gasteiger partial charge in [-0.25, -0.2) is 31.2 Å². The normalized spacial score (nSPS) is 15.1. The number of hydrogen-bond donors (Lipinski definition) is 1. The van der Waals surface area contributed by atoms with Gasteiger partial charge in [-0.1, -0.05) is 12.1 Å². The summed E-state index contributed by atoms with van der Waals surface area (Å²) in [6.07, 6.45) is 5.89. The van der Waals surface area contributed by atoms with Crippen molar-refractivity contribution in [2.24, 2.45) is 5.92 Å². The summed E-state index contributed by atoms with van der Waals surface area (Å²) in [5.41, 5.74) is 9.51. The number of hydrogen-bond acceptors (Lipinski definition) is 8. The standard InChI is InChI=1S/C31H27F4N5O5S/c1-16-6-27(45-29-23(32)4-3-5-24(29)33)37-13-25(16)40-30(36)22(12-38-40)28(41)21-9-18-8-20(7-17-14-39(15-17)46(2,42)43)26(44-31(34)35)11-19(18)10-21/h3-6,8,10-13,17,31H,7,9,14-15,36H2,1-2H3. The molecule has 15 heteroatoms. The highest BCUT2D eigenvalue weighted by molar-refractivity contribution is 7.88. The zero-order valence-corrected chi connectivity index (χ0v) is 25.3. The van der Waals surface area contributed by atoms with Gasteiger partial charge in [-0.15, -0.1) is 0 Å². The summed E-state index contributed by atoms with van der Waals surface area (Å²) >= 11 is 0. The molecule has 3 heterocycles. The van der Waals surface area contributed by atoms with Gasteiger partial charge in [0.25, 0.3) is 0 Å². The number of ketones is 1. The number of nitrogen functional groups attached to an aromatic ring is 1. The molecule has 240 valence electrons. The van der Waals surface area contributed by atoms with Gasteiger partial charge in [-0.2, -0.15) is 13.9 Å². The first-order chi connectivity index (χ1) is 21.8. The molecule has 0 unspecified atom stereocenters. The number of rotatable bonds is 10. The number of aryl methyl sites for hydroxylation is 1. The van der Waals surface area contributed by atoms with Crippen molar-refractivity contribution in [2.75, 3.05) is 25.1 Å². The van der Waals surface area contributed by atoms with Gasteiger partial charge in [-0.05, 0) is 65.8 Å². The minimum Gasteiger partial charge on any atom is -0.435 e. The molecule has 0 amide bonds. The predicted octanol–water partition coefficient (Wildman–Crippen LogP) is 5.09. The third kappa shape index (κ3) is 6.07. The van der Waals surface area contributed by atoms with E-state index in [9.17, 15) is 30.8 Å². The Kier molecular flexibility index (Phi) is 8.06. The molecule has 6 rings (SSSR count). The van der Waals surface area contributed by atoms with Crippen LogP contribution in [0.3, 0.4) is 0 Å². The van der Waals surface area contributed by atoms with Crippen LogP contribution in [0, 0.1) is 24.5 Å². The maximum absolute atomic E-state index is 14.0. The van der Waals surface area contributed by atoms with Gasteiger partial charge >= 0.3 is 6.61 Å². The van der Waals surface area contributed by atoms with Crippen LogP contribution in [0.4, 0.5) is 23.4 Å². The number of ether oxygens (including phenoxy) is 2. The molecule has 0 bridgehead atoms. The number of nitrogens with two attached hydrogens (primary N) is 1. The van der Waals surface area contributed by atoms with E-state index in [-0.39, 0.29) is 48.4 Å². The van der Waals surface area contributed by atoms with Crippen molar-refractivity contribution in [2.45, 2.75) is 26.4 Å². The van der Waals surface area contributed by atoms with Crippen molar-refractivity contribution >= 4 is 27.7 Å². The van der Waals surface area contributed by atoms with Crippen LogP contribution >= 0.6 is 0 Å². The van der Waals surface area contributed by atoms with Crippen LogP contribution in [0.1, 0.15) is 32.6 Å². The third-order valence-corrected chi connectivity index (χ3v) is 9.14. The maximum Gasteiger partial charge on any atom is 0.387 e. The largest absolute Gasteiger partial charge is 0.435 e. The Labute approximate surface area is 261 Å². The summed E-state index contributed by atoms with van der Waals surface area (Å²) < 4.78 is 90.7. The average Bonchev–Trinajstić information content (AvgIpc) is 3.54. The summed E-state index contributed by atoms with van der Waals surface area (Å²) in [4.78, 5) is 17.7. The van der Waals surface area contributed by atoms with Crippen molar-refractivity contribution in [3.8, 4) is 23.1 Å². The number of fused-ring (bicyclic) bond motifs is 1. The van der Waals surface area contributed by atoms with Gasteiger partial charge in [0.15, 0.2) is 17.4 Å². The minimum atomic E-state index is -3.33. The van der Waals surface area contributed by atoms with E-state index in [0.717, 1.165) is 24.0 Å². The Morgan fingerprint density at radius 2 is 1.85 bits per heavy atom. The molecule has 0 spiro atoms. The average molecular weight is 658 g/mol. The molecule has 1 saturated heterocycles. The Hall–Kier alpha value is -4.76. The smallest absolute Gasteiger partial charge is 0.387 e. The van der Waals surface area contributed by atoms with Crippen molar-refractivity contribution in [1.82, 2.24) is 19.1 Å². The fraction of sp³-hybridized carbons (Fsp3) is 0.258. The predicted molar refractivity (Wildman–Crippen MR) is 160 cm³/mol. The number of allylic oxidation sites excluding steroid dienone is 1. The number of aromatic nitrogens is 3. The number of para-hydroxylation sites is 1. The lowest BCUT2D eigenvalue weighted by molar-refractivity contribution is -0.0506. The molecule has 0 radical (unpaired) electrons. The highest BCUT2D eigenvalue weighted by Crippen LogP contribution is 2.37. The van der Waals surface area contributed by atoms with E-state index in [4.69, 9.17) is 15.2 Å². The van der Waals surface area contributed by atoms with Gasteiger partial charge in [0.1, 0.15) is 11.6 Å². The number of halogens is 4. The number of Topliss-reactive ketones (excluding diaryl/α,β-unsaturated/α-hetero) is 1. The number of alkyl halides is 2. The molecule has 1 aliphatic heterocycles. The summed E-state index contributed by atoms with van der Waals surface area (Å²) in [5.74, 6) is -2.93. The SMILES string of the molecule is Cc1cc(Oc2c(F)cccc2F)ncc1-n1ncc(C(=O)C2=Cc3cc(OC(F)F)c(CC4CN(S(C)(=O)=O)C4)cc3C2)c1N. The van der Waals surface area contributed by atoms with Crippen LogP contribution in [0.25, 0.3) is 11.8 Å². The van der Waals surface area contributed by atoms with Crippen LogP contribution in [0.5, 0.6) is 17.4 Å². The van der Waals surface area contributed by atoms with Gasteiger partial charge in [0.2, 0.25) is 21.7 Å². The van der Waals surface area contributed by atoms with Crippen LogP contribution in [0.15, 0.2) is 54.4 Å². The minimum absolute atomic E-state index is 0.0170. The number of benzene rings is 2. The van der Waals surface area contributed by atoms with Gasteiger partial charge < -0.3 is 15.2 Å². The Bertz CT molecular complexity index is 1990. The number of anilines is 1. The lowest BCUT2D eigenvalue weighted by Crippen LogP contribution is -2.50. The Morgan fingerprint density at radius 3 is 2.50 bits per heavy atom. The summed E-state index contributed by atoms with van der Waals surface area (Å²) in [7, 11) is -3.33. The molecule has 1 aliphatic carbocycles. The quantitative estimate of drug-likeness (QED) is 0.185. The molecule has 4 aromatic rings. The van der Waals surface area contributed by atoms with E-state index in [1.165, 1.54) is 39.6 Å². The summed E-state index contributed by atoms with van der Waals surface area (Å²) in [5, 5.41) is 4.26. The van der Waals surface area contributed by atoms with E-state index < -0.39 is 39.8 Å². The molecule has 1 fully saturated rings. The van der Waals surface area contributed by atoms with Crippen molar-refractivity contribution in [1.29, 1.82) is 0 Å². The first-order valence-electron chi connectivity index (χ1n) is 14.0. The second-order valence-corrected chi connectivity index (χ2v) is 13.2. The Balaban J connectivity index is 1.20.